The summed E-state index contributed by atoms with van der Waals surface area (Å²) in [7, 11) is 0. The summed E-state index contributed by atoms with van der Waals surface area (Å²) in [4.78, 5) is 20.6. The topological polar surface area (TPSA) is 34.9 Å². The molecule has 2 heterocycles. The smallest absolute Gasteiger partial charge is 0.267 e. The van der Waals surface area contributed by atoms with Crippen LogP contribution in [0.25, 0.3) is 26.7 Å². The van der Waals surface area contributed by atoms with E-state index in [1.54, 1.807) is 28.0 Å². The fourth-order valence-corrected chi connectivity index (χ4v) is 6.49. The van der Waals surface area contributed by atoms with Crippen LogP contribution in [-0.4, -0.2) is 9.55 Å². The first kappa shape index (κ1) is 21.9. The first-order chi connectivity index (χ1) is 16.1. The van der Waals surface area contributed by atoms with Gasteiger partial charge < -0.3 is 0 Å². The lowest BCUT2D eigenvalue weighted by Gasteiger charge is -2.13. The Morgan fingerprint density at radius 2 is 1.79 bits per heavy atom. The number of thiophene rings is 1. The van der Waals surface area contributed by atoms with E-state index in [1.807, 2.05) is 19.1 Å². The summed E-state index contributed by atoms with van der Waals surface area (Å²) >= 11 is 3.15. The first-order valence-electron chi connectivity index (χ1n) is 11.0. The normalized spacial score (nSPS) is 11.5. The van der Waals surface area contributed by atoms with Crippen LogP contribution in [-0.2, 0) is 12.2 Å². The standard InChI is InChI=1S/C27H23FN2OS2/c1-3-7-23-17(2)24-25(33-23)29-27(30(26(24)31)21-14-12-20(28)13-15-21)32-16-19-10-6-9-18-8-4-5-11-22(18)19/h4-6,8-15H,3,7,16H2,1-2H3. The van der Waals surface area contributed by atoms with Crippen molar-refractivity contribution in [2.45, 2.75) is 37.6 Å². The number of benzene rings is 3. The molecule has 0 fully saturated rings. The van der Waals surface area contributed by atoms with Crippen molar-refractivity contribution in [1.82, 2.24) is 9.55 Å². The third-order valence-corrected chi connectivity index (χ3v) is 8.06. The fraction of sp³-hybridized carbons (Fsp3) is 0.185. The van der Waals surface area contributed by atoms with E-state index in [0.29, 0.717) is 22.0 Å². The molecule has 5 rings (SSSR count). The molecule has 0 aliphatic carbocycles. The van der Waals surface area contributed by atoms with Crippen molar-refractivity contribution in [2.75, 3.05) is 0 Å². The van der Waals surface area contributed by atoms with Gasteiger partial charge in [-0.15, -0.1) is 11.3 Å². The molecule has 3 aromatic carbocycles. The summed E-state index contributed by atoms with van der Waals surface area (Å²) < 4.78 is 15.3. The highest BCUT2D eigenvalue weighted by Crippen LogP contribution is 2.33. The molecule has 0 amide bonds. The predicted octanol–water partition coefficient (Wildman–Crippen LogP) is 7.29. The van der Waals surface area contributed by atoms with E-state index in [2.05, 4.69) is 37.3 Å². The number of halogens is 1. The first-order valence-corrected chi connectivity index (χ1v) is 12.8. The van der Waals surface area contributed by atoms with Gasteiger partial charge in [0.25, 0.3) is 5.56 Å². The molecule has 0 atom stereocenters. The van der Waals surface area contributed by atoms with Crippen LogP contribution < -0.4 is 5.56 Å². The Balaban J connectivity index is 1.65. The minimum absolute atomic E-state index is 0.0943. The van der Waals surface area contributed by atoms with Crippen molar-refractivity contribution in [3.05, 3.63) is 98.9 Å². The number of fused-ring (bicyclic) bond motifs is 2. The number of aryl methyl sites for hydroxylation is 2. The highest BCUT2D eigenvalue weighted by molar-refractivity contribution is 7.98. The Bertz CT molecular complexity index is 1510. The molecule has 0 aliphatic heterocycles. The van der Waals surface area contributed by atoms with E-state index in [9.17, 15) is 9.18 Å². The number of nitrogens with zero attached hydrogens (tertiary/aromatic N) is 2. The van der Waals surface area contributed by atoms with Gasteiger partial charge in [0.1, 0.15) is 10.6 Å². The molecule has 0 aliphatic rings. The maximum Gasteiger partial charge on any atom is 0.267 e. The maximum absolute atomic E-state index is 13.7. The molecule has 3 nitrogen and oxygen atoms in total. The lowest BCUT2D eigenvalue weighted by Crippen LogP contribution is -2.21. The van der Waals surface area contributed by atoms with E-state index in [-0.39, 0.29) is 11.4 Å². The van der Waals surface area contributed by atoms with Gasteiger partial charge in [0.15, 0.2) is 5.16 Å². The summed E-state index contributed by atoms with van der Waals surface area (Å²) in [6.07, 6.45) is 1.95. The van der Waals surface area contributed by atoms with Gasteiger partial charge in [-0.3, -0.25) is 9.36 Å². The summed E-state index contributed by atoms with van der Waals surface area (Å²) in [5, 5.41) is 3.67. The average molecular weight is 475 g/mol. The van der Waals surface area contributed by atoms with Crippen molar-refractivity contribution < 1.29 is 4.39 Å². The second kappa shape index (κ2) is 9.12. The fourth-order valence-electron chi connectivity index (χ4n) is 4.15. The molecule has 0 N–H and O–H groups in total. The zero-order chi connectivity index (χ0) is 22.9. The van der Waals surface area contributed by atoms with Gasteiger partial charge in [-0.2, -0.15) is 0 Å². The number of hydrogen-bond donors (Lipinski definition) is 0. The van der Waals surface area contributed by atoms with Crippen molar-refractivity contribution in [3.63, 3.8) is 0 Å². The van der Waals surface area contributed by atoms with Crippen molar-refractivity contribution in [1.29, 1.82) is 0 Å². The van der Waals surface area contributed by atoms with Gasteiger partial charge in [0.2, 0.25) is 0 Å². The van der Waals surface area contributed by atoms with Crippen LogP contribution in [0, 0.1) is 12.7 Å². The Morgan fingerprint density at radius 3 is 2.58 bits per heavy atom. The van der Waals surface area contributed by atoms with Crippen molar-refractivity contribution in [3.8, 4) is 5.69 Å². The Labute approximate surface area is 199 Å². The van der Waals surface area contributed by atoms with Gasteiger partial charge in [-0.1, -0.05) is 67.6 Å². The molecular weight excluding hydrogens is 451 g/mol. The molecule has 33 heavy (non-hydrogen) atoms. The molecule has 0 saturated heterocycles. The van der Waals surface area contributed by atoms with Gasteiger partial charge in [-0.05, 0) is 59.5 Å². The molecule has 0 unspecified atom stereocenters. The number of hydrogen-bond acceptors (Lipinski definition) is 4. The van der Waals surface area contributed by atoms with Gasteiger partial charge in [0.05, 0.1) is 11.1 Å². The zero-order valence-corrected chi connectivity index (χ0v) is 20.1. The SMILES string of the molecule is CCCc1sc2nc(SCc3cccc4ccccc34)n(-c3ccc(F)cc3)c(=O)c2c1C. The van der Waals surface area contributed by atoms with Crippen LogP contribution in [0.15, 0.2) is 76.7 Å². The Kier molecular flexibility index (Phi) is 6.04. The lowest BCUT2D eigenvalue weighted by atomic mass is 10.1. The molecule has 5 aromatic rings. The summed E-state index contributed by atoms with van der Waals surface area (Å²) in [5.74, 6) is 0.342. The van der Waals surface area contributed by atoms with Gasteiger partial charge in [-0.25, -0.2) is 9.37 Å². The minimum atomic E-state index is -0.331. The molecule has 0 radical (unpaired) electrons. The summed E-state index contributed by atoms with van der Waals surface area (Å²) in [5.41, 5.74) is 2.73. The molecule has 6 heteroatoms. The minimum Gasteiger partial charge on any atom is -0.268 e. The van der Waals surface area contributed by atoms with Crippen molar-refractivity contribution >= 4 is 44.1 Å². The third kappa shape index (κ3) is 4.09. The third-order valence-electron chi connectivity index (χ3n) is 5.83. The number of aromatic nitrogens is 2. The maximum atomic E-state index is 13.7. The highest BCUT2D eigenvalue weighted by atomic mass is 32.2. The quantitative estimate of drug-likeness (QED) is 0.191. The second-order valence-electron chi connectivity index (χ2n) is 8.02. The zero-order valence-electron chi connectivity index (χ0n) is 18.5. The van der Waals surface area contributed by atoms with Crippen LogP contribution >= 0.6 is 23.1 Å². The Hall–Kier alpha value is -2.96. The molecular formula is C27H23FN2OS2. The van der Waals surface area contributed by atoms with E-state index >= 15 is 0 Å². The van der Waals surface area contributed by atoms with E-state index in [0.717, 1.165) is 23.2 Å². The van der Waals surface area contributed by atoms with Gasteiger partial charge in [0, 0.05) is 10.6 Å². The Morgan fingerprint density at radius 1 is 1.03 bits per heavy atom. The lowest BCUT2D eigenvalue weighted by molar-refractivity contribution is 0.627. The van der Waals surface area contributed by atoms with Crippen molar-refractivity contribution in [2.24, 2.45) is 0 Å². The van der Waals surface area contributed by atoms with Crippen LogP contribution in [0.1, 0.15) is 29.3 Å². The molecule has 0 spiro atoms. The van der Waals surface area contributed by atoms with E-state index in [4.69, 9.17) is 4.98 Å². The van der Waals surface area contributed by atoms with E-state index in [1.165, 1.54) is 45.1 Å². The predicted molar refractivity (Wildman–Crippen MR) is 137 cm³/mol. The number of rotatable bonds is 6. The average Bonchev–Trinajstić information content (AvgIpc) is 3.14. The van der Waals surface area contributed by atoms with Crippen LogP contribution in [0.5, 0.6) is 0 Å². The highest BCUT2D eigenvalue weighted by Gasteiger charge is 2.19. The van der Waals surface area contributed by atoms with Gasteiger partial charge >= 0.3 is 0 Å². The van der Waals surface area contributed by atoms with Crippen LogP contribution in [0.4, 0.5) is 4.39 Å². The molecule has 0 bridgehead atoms. The molecule has 166 valence electrons. The monoisotopic (exact) mass is 474 g/mol. The van der Waals surface area contributed by atoms with Crippen LogP contribution in [0.2, 0.25) is 0 Å². The number of thioether (sulfide) groups is 1. The summed E-state index contributed by atoms with van der Waals surface area (Å²) in [6.45, 7) is 4.14. The molecule has 2 aromatic heterocycles. The van der Waals surface area contributed by atoms with Crippen LogP contribution in [0.3, 0.4) is 0 Å². The largest absolute Gasteiger partial charge is 0.268 e. The molecule has 0 saturated carbocycles. The second-order valence-corrected chi connectivity index (χ2v) is 10.0. The van der Waals surface area contributed by atoms with E-state index < -0.39 is 0 Å². The summed E-state index contributed by atoms with van der Waals surface area (Å²) in [6, 6.07) is 20.6.